The Bertz CT molecular complexity index is 584. The van der Waals surface area contributed by atoms with E-state index in [1.807, 2.05) is 28.2 Å². The number of ether oxygens (including phenoxy) is 1. The molecule has 0 aliphatic carbocycles. The number of benzene rings is 1. The minimum absolute atomic E-state index is 0.142. The molecule has 1 aromatic carbocycles. The van der Waals surface area contributed by atoms with E-state index in [-0.39, 0.29) is 5.56 Å². The van der Waals surface area contributed by atoms with E-state index in [4.69, 9.17) is 4.74 Å². The Hall–Kier alpha value is -1.17. The van der Waals surface area contributed by atoms with Crippen LogP contribution in [0.4, 0.5) is 0 Å². The lowest BCUT2D eigenvalue weighted by Crippen LogP contribution is -2.38. The third-order valence-electron chi connectivity index (χ3n) is 3.28. The third-order valence-corrected chi connectivity index (χ3v) is 4.40. The van der Waals surface area contributed by atoms with Crippen molar-refractivity contribution in [2.75, 3.05) is 32.8 Å². The molecule has 5 heteroatoms. The molecule has 96 valence electrons. The van der Waals surface area contributed by atoms with Crippen molar-refractivity contribution in [3.8, 4) is 0 Å². The summed E-state index contributed by atoms with van der Waals surface area (Å²) in [6.45, 7) is 5.26. The lowest BCUT2D eigenvalue weighted by atomic mass is 10.3. The van der Waals surface area contributed by atoms with Gasteiger partial charge >= 0.3 is 0 Å². The summed E-state index contributed by atoms with van der Waals surface area (Å²) in [6.07, 6.45) is 0. The van der Waals surface area contributed by atoms with Crippen molar-refractivity contribution in [1.29, 1.82) is 0 Å². The quantitative estimate of drug-likeness (QED) is 0.840. The summed E-state index contributed by atoms with van der Waals surface area (Å²) in [4.78, 5) is 14.5. The molecule has 0 N–H and O–H groups in total. The van der Waals surface area contributed by atoms with Gasteiger partial charge in [-0.25, -0.2) is 0 Å². The number of rotatable bonds is 3. The van der Waals surface area contributed by atoms with Crippen LogP contribution < -0.4 is 5.56 Å². The summed E-state index contributed by atoms with van der Waals surface area (Å²) in [6, 6.07) is 7.80. The van der Waals surface area contributed by atoms with Crippen molar-refractivity contribution in [2.45, 2.75) is 6.54 Å². The molecule has 0 amide bonds. The highest BCUT2D eigenvalue weighted by molar-refractivity contribution is 7.13. The molecule has 2 aromatic rings. The van der Waals surface area contributed by atoms with Gasteiger partial charge in [0, 0.05) is 26.2 Å². The van der Waals surface area contributed by atoms with Crippen LogP contribution in [-0.2, 0) is 11.3 Å². The van der Waals surface area contributed by atoms with Gasteiger partial charge in [0.2, 0.25) is 0 Å². The number of hydrogen-bond acceptors (Lipinski definition) is 4. The maximum absolute atomic E-state index is 12.1. The van der Waals surface area contributed by atoms with Gasteiger partial charge in [-0.15, -0.1) is 0 Å². The summed E-state index contributed by atoms with van der Waals surface area (Å²) in [5.41, 5.74) is 0.142. The molecular weight excluding hydrogens is 248 g/mol. The molecule has 2 heterocycles. The van der Waals surface area contributed by atoms with E-state index in [9.17, 15) is 4.79 Å². The SMILES string of the molecule is O=c1c2ccccc2sn1CCN1CCOCC1. The van der Waals surface area contributed by atoms with Gasteiger partial charge in [0.05, 0.1) is 23.3 Å². The number of nitrogens with zero attached hydrogens (tertiary/aromatic N) is 2. The van der Waals surface area contributed by atoms with Crippen LogP contribution in [0.1, 0.15) is 0 Å². The van der Waals surface area contributed by atoms with Gasteiger partial charge in [0.15, 0.2) is 0 Å². The maximum Gasteiger partial charge on any atom is 0.268 e. The Labute approximate surface area is 110 Å². The topological polar surface area (TPSA) is 34.5 Å². The van der Waals surface area contributed by atoms with Gasteiger partial charge in [-0.05, 0) is 12.1 Å². The van der Waals surface area contributed by atoms with E-state index >= 15 is 0 Å². The predicted molar refractivity (Wildman–Crippen MR) is 73.3 cm³/mol. The molecule has 3 rings (SSSR count). The highest BCUT2D eigenvalue weighted by atomic mass is 32.1. The number of fused-ring (bicyclic) bond motifs is 1. The van der Waals surface area contributed by atoms with Gasteiger partial charge in [-0.3, -0.25) is 13.7 Å². The van der Waals surface area contributed by atoms with Gasteiger partial charge < -0.3 is 4.74 Å². The summed E-state index contributed by atoms with van der Waals surface area (Å²) >= 11 is 1.56. The van der Waals surface area contributed by atoms with E-state index in [1.165, 1.54) is 0 Å². The molecule has 0 saturated carbocycles. The zero-order valence-electron chi connectivity index (χ0n) is 10.2. The second kappa shape index (κ2) is 5.22. The molecule has 1 aliphatic rings. The van der Waals surface area contributed by atoms with Crippen LogP contribution in [0.15, 0.2) is 29.1 Å². The Morgan fingerprint density at radius 2 is 1.94 bits per heavy atom. The number of aromatic nitrogens is 1. The highest BCUT2D eigenvalue weighted by Gasteiger charge is 2.12. The minimum Gasteiger partial charge on any atom is -0.379 e. The van der Waals surface area contributed by atoms with Crippen LogP contribution >= 0.6 is 11.5 Å². The Morgan fingerprint density at radius 1 is 1.17 bits per heavy atom. The summed E-state index contributed by atoms with van der Waals surface area (Å²) in [5, 5.41) is 0.837. The van der Waals surface area contributed by atoms with Crippen molar-refractivity contribution < 1.29 is 4.74 Å². The molecule has 0 spiro atoms. The highest BCUT2D eigenvalue weighted by Crippen LogP contribution is 2.15. The third kappa shape index (κ3) is 2.34. The van der Waals surface area contributed by atoms with Gasteiger partial charge in [0.25, 0.3) is 5.56 Å². The molecule has 1 fully saturated rings. The molecule has 1 saturated heterocycles. The summed E-state index contributed by atoms with van der Waals surface area (Å²) < 4.78 is 8.25. The Morgan fingerprint density at radius 3 is 2.72 bits per heavy atom. The molecule has 1 aliphatic heterocycles. The smallest absolute Gasteiger partial charge is 0.268 e. The first-order valence-electron chi connectivity index (χ1n) is 6.23. The van der Waals surface area contributed by atoms with Crippen molar-refractivity contribution in [2.24, 2.45) is 0 Å². The molecule has 4 nitrogen and oxygen atoms in total. The zero-order valence-corrected chi connectivity index (χ0v) is 11.0. The number of morpholine rings is 1. The van der Waals surface area contributed by atoms with E-state index < -0.39 is 0 Å². The first-order valence-corrected chi connectivity index (χ1v) is 7.01. The molecule has 0 atom stereocenters. The zero-order chi connectivity index (χ0) is 12.4. The second-order valence-corrected chi connectivity index (χ2v) is 5.51. The van der Waals surface area contributed by atoms with Crippen LogP contribution in [0.25, 0.3) is 10.1 Å². The molecule has 0 bridgehead atoms. The fourth-order valence-corrected chi connectivity index (χ4v) is 3.21. The van der Waals surface area contributed by atoms with Crippen molar-refractivity contribution in [1.82, 2.24) is 8.86 Å². The van der Waals surface area contributed by atoms with E-state index in [2.05, 4.69) is 4.90 Å². The first kappa shape index (κ1) is 11.9. The first-order chi connectivity index (χ1) is 8.84. The largest absolute Gasteiger partial charge is 0.379 e. The normalized spacial score (nSPS) is 17.3. The van der Waals surface area contributed by atoms with Gasteiger partial charge in [-0.2, -0.15) is 0 Å². The Kier molecular flexibility index (Phi) is 3.45. The second-order valence-electron chi connectivity index (χ2n) is 4.45. The van der Waals surface area contributed by atoms with Crippen molar-refractivity contribution in [3.05, 3.63) is 34.6 Å². The minimum atomic E-state index is 0.142. The fraction of sp³-hybridized carbons (Fsp3) is 0.462. The van der Waals surface area contributed by atoms with Crippen LogP contribution in [0, 0.1) is 0 Å². The van der Waals surface area contributed by atoms with E-state index in [0.29, 0.717) is 0 Å². The van der Waals surface area contributed by atoms with Crippen LogP contribution in [-0.4, -0.2) is 41.7 Å². The van der Waals surface area contributed by atoms with Crippen molar-refractivity contribution >= 4 is 21.6 Å². The Balaban J connectivity index is 1.74. The number of hydrogen-bond donors (Lipinski definition) is 0. The lowest BCUT2D eigenvalue weighted by Gasteiger charge is -2.26. The van der Waals surface area contributed by atoms with Crippen LogP contribution in [0.3, 0.4) is 0 Å². The van der Waals surface area contributed by atoms with Crippen LogP contribution in [0.2, 0.25) is 0 Å². The monoisotopic (exact) mass is 264 g/mol. The standard InChI is InChI=1S/C13H16N2O2S/c16-13-11-3-1-2-4-12(11)18-15(13)6-5-14-7-9-17-10-8-14/h1-4H,5-10H2. The lowest BCUT2D eigenvalue weighted by molar-refractivity contribution is 0.0366. The predicted octanol–water partition coefficient (Wildman–Crippen LogP) is 1.40. The van der Waals surface area contributed by atoms with Gasteiger partial charge in [0.1, 0.15) is 0 Å². The van der Waals surface area contributed by atoms with Crippen LogP contribution in [0.5, 0.6) is 0 Å². The van der Waals surface area contributed by atoms with Crippen molar-refractivity contribution in [3.63, 3.8) is 0 Å². The molecule has 1 aromatic heterocycles. The van der Waals surface area contributed by atoms with Gasteiger partial charge in [-0.1, -0.05) is 23.7 Å². The van der Waals surface area contributed by atoms with E-state index in [0.717, 1.165) is 49.5 Å². The molecule has 0 unspecified atom stereocenters. The molecule has 0 radical (unpaired) electrons. The average molecular weight is 264 g/mol. The molecule has 18 heavy (non-hydrogen) atoms. The average Bonchev–Trinajstić information content (AvgIpc) is 2.75. The molecular formula is C13H16N2O2S. The summed E-state index contributed by atoms with van der Waals surface area (Å²) in [5.74, 6) is 0. The summed E-state index contributed by atoms with van der Waals surface area (Å²) in [7, 11) is 0. The fourth-order valence-electron chi connectivity index (χ4n) is 2.22. The van der Waals surface area contributed by atoms with E-state index in [1.54, 1.807) is 11.5 Å². The maximum atomic E-state index is 12.1.